The number of hydrogen-bond acceptors (Lipinski definition) is 4. The van der Waals surface area contributed by atoms with Crippen LogP contribution in [0.5, 0.6) is 0 Å². The molecule has 4 nitrogen and oxygen atoms in total. The lowest BCUT2D eigenvalue weighted by molar-refractivity contribution is -0.167. The molecule has 0 spiro atoms. The van der Waals surface area contributed by atoms with E-state index in [0.29, 0.717) is 0 Å². The van der Waals surface area contributed by atoms with E-state index in [9.17, 15) is 9.59 Å². The molecule has 0 aliphatic carbocycles. The van der Waals surface area contributed by atoms with Gasteiger partial charge in [0.05, 0.1) is 13.7 Å². The molecule has 0 aliphatic rings. The molecule has 0 heterocycles. The smallest absolute Gasteiger partial charge is 0.322 e. The van der Waals surface area contributed by atoms with Crippen molar-refractivity contribution >= 4 is 11.9 Å². The van der Waals surface area contributed by atoms with E-state index < -0.39 is 17.4 Å². The largest absolute Gasteiger partial charge is 0.468 e. The first-order valence-electron chi connectivity index (χ1n) is 3.72. The molecule has 0 saturated heterocycles. The molecule has 4 heteroatoms. The van der Waals surface area contributed by atoms with E-state index in [0.717, 1.165) is 0 Å². The van der Waals surface area contributed by atoms with Gasteiger partial charge in [0.1, 0.15) is 0 Å². The summed E-state index contributed by atoms with van der Waals surface area (Å²) < 4.78 is 9.13. The van der Waals surface area contributed by atoms with Gasteiger partial charge in [-0.2, -0.15) is 0 Å². The van der Waals surface area contributed by atoms with Crippen molar-refractivity contribution in [2.75, 3.05) is 13.7 Å². The zero-order valence-electron chi connectivity index (χ0n) is 7.84. The quantitative estimate of drug-likeness (QED) is 0.468. The van der Waals surface area contributed by atoms with Crippen molar-refractivity contribution in [1.29, 1.82) is 0 Å². The molecule has 0 aliphatic heterocycles. The number of rotatable bonds is 3. The van der Waals surface area contributed by atoms with Crippen LogP contribution >= 0.6 is 0 Å². The molecule has 70 valence electrons. The van der Waals surface area contributed by atoms with Crippen LogP contribution in [0.4, 0.5) is 0 Å². The van der Waals surface area contributed by atoms with Crippen LogP contribution in [0.15, 0.2) is 0 Å². The summed E-state index contributed by atoms with van der Waals surface area (Å²) >= 11 is 0. The Morgan fingerprint density at radius 1 is 1.25 bits per heavy atom. The number of hydrogen-bond donors (Lipinski definition) is 0. The van der Waals surface area contributed by atoms with E-state index in [1.165, 1.54) is 21.0 Å². The summed E-state index contributed by atoms with van der Waals surface area (Å²) in [5, 5.41) is 0. The fourth-order valence-electron chi connectivity index (χ4n) is 0.650. The Kier molecular flexibility index (Phi) is 3.73. The van der Waals surface area contributed by atoms with Gasteiger partial charge in [-0.05, 0) is 20.8 Å². The Morgan fingerprint density at radius 3 is 2.08 bits per heavy atom. The minimum atomic E-state index is -1.20. The molecule has 0 radical (unpaired) electrons. The van der Waals surface area contributed by atoms with Gasteiger partial charge >= 0.3 is 11.9 Å². The lowest BCUT2D eigenvalue weighted by Gasteiger charge is -2.18. The third-order valence-electron chi connectivity index (χ3n) is 1.48. The number of carbonyl (C=O) groups excluding carboxylic acids is 2. The Hall–Kier alpha value is -1.06. The maximum absolute atomic E-state index is 11.1. The van der Waals surface area contributed by atoms with Crippen molar-refractivity contribution in [3.63, 3.8) is 0 Å². The van der Waals surface area contributed by atoms with Crippen LogP contribution in [0.3, 0.4) is 0 Å². The van der Waals surface area contributed by atoms with Crippen LogP contribution in [0.2, 0.25) is 0 Å². The second-order valence-corrected chi connectivity index (χ2v) is 2.84. The average molecular weight is 174 g/mol. The monoisotopic (exact) mass is 174 g/mol. The van der Waals surface area contributed by atoms with E-state index in [1.54, 1.807) is 6.92 Å². The minimum absolute atomic E-state index is 0.263. The lowest BCUT2D eigenvalue weighted by Crippen LogP contribution is -2.35. The molecular formula is C8H14O4. The number of esters is 2. The van der Waals surface area contributed by atoms with Gasteiger partial charge in [0.15, 0.2) is 5.41 Å². The van der Waals surface area contributed by atoms with Crippen LogP contribution in [-0.2, 0) is 19.1 Å². The van der Waals surface area contributed by atoms with E-state index in [2.05, 4.69) is 9.47 Å². The van der Waals surface area contributed by atoms with Gasteiger partial charge < -0.3 is 9.47 Å². The molecule has 0 rings (SSSR count). The van der Waals surface area contributed by atoms with Crippen molar-refractivity contribution in [1.82, 2.24) is 0 Å². The Morgan fingerprint density at radius 2 is 1.75 bits per heavy atom. The van der Waals surface area contributed by atoms with Gasteiger partial charge in [0, 0.05) is 0 Å². The zero-order chi connectivity index (χ0) is 9.78. The standard InChI is InChI=1S/C8H14O4/c1-5-12-7(10)8(2,3)6(9)11-4/h5H2,1-4H3. The van der Waals surface area contributed by atoms with Gasteiger partial charge in [0.25, 0.3) is 0 Å². The highest BCUT2D eigenvalue weighted by atomic mass is 16.5. The number of ether oxygens (including phenoxy) is 2. The summed E-state index contributed by atoms with van der Waals surface area (Å²) in [5.41, 5.74) is -1.20. The van der Waals surface area contributed by atoms with Crippen LogP contribution in [0.1, 0.15) is 20.8 Å². The molecule has 0 unspecified atom stereocenters. The molecule has 0 aromatic heterocycles. The number of methoxy groups -OCH3 is 1. The van der Waals surface area contributed by atoms with Crippen LogP contribution < -0.4 is 0 Å². The Labute approximate surface area is 71.8 Å². The first-order chi connectivity index (χ1) is 5.46. The minimum Gasteiger partial charge on any atom is -0.468 e. The summed E-state index contributed by atoms with van der Waals surface area (Å²) in [6.45, 7) is 4.89. The molecular weight excluding hydrogens is 160 g/mol. The summed E-state index contributed by atoms with van der Waals surface area (Å²) in [7, 11) is 1.24. The van der Waals surface area contributed by atoms with Crippen molar-refractivity contribution in [2.24, 2.45) is 5.41 Å². The SMILES string of the molecule is CCOC(=O)C(C)(C)C(=O)OC. The molecule has 0 bridgehead atoms. The third kappa shape index (κ3) is 2.22. The van der Waals surface area contributed by atoms with Crippen LogP contribution in [0, 0.1) is 5.41 Å². The van der Waals surface area contributed by atoms with Gasteiger partial charge in [-0.1, -0.05) is 0 Å². The van der Waals surface area contributed by atoms with Crippen molar-refractivity contribution in [3.8, 4) is 0 Å². The molecule has 0 atom stereocenters. The molecule has 12 heavy (non-hydrogen) atoms. The normalized spacial score (nSPS) is 10.7. The maximum Gasteiger partial charge on any atom is 0.322 e. The van der Waals surface area contributed by atoms with E-state index in [1.807, 2.05) is 0 Å². The van der Waals surface area contributed by atoms with Gasteiger partial charge in [-0.25, -0.2) is 0 Å². The predicted molar refractivity (Wildman–Crippen MR) is 42.4 cm³/mol. The second kappa shape index (κ2) is 4.09. The van der Waals surface area contributed by atoms with Crippen molar-refractivity contribution in [3.05, 3.63) is 0 Å². The Balaban J connectivity index is 4.38. The second-order valence-electron chi connectivity index (χ2n) is 2.84. The topological polar surface area (TPSA) is 52.6 Å². The molecule has 0 fully saturated rings. The molecule has 0 amide bonds. The molecule has 0 aromatic carbocycles. The van der Waals surface area contributed by atoms with E-state index in [-0.39, 0.29) is 6.61 Å². The highest BCUT2D eigenvalue weighted by Crippen LogP contribution is 2.18. The number of carbonyl (C=O) groups is 2. The highest BCUT2D eigenvalue weighted by molar-refractivity contribution is 5.98. The van der Waals surface area contributed by atoms with Gasteiger partial charge in [0.2, 0.25) is 0 Å². The fraction of sp³-hybridized carbons (Fsp3) is 0.750. The summed E-state index contributed by atoms with van der Waals surface area (Å²) in [5.74, 6) is -1.14. The maximum atomic E-state index is 11.1. The fourth-order valence-corrected chi connectivity index (χ4v) is 0.650. The highest BCUT2D eigenvalue weighted by Gasteiger charge is 2.38. The molecule has 0 saturated carbocycles. The van der Waals surface area contributed by atoms with Gasteiger partial charge in [-0.15, -0.1) is 0 Å². The summed E-state index contributed by atoms with van der Waals surface area (Å²) in [6.07, 6.45) is 0. The summed E-state index contributed by atoms with van der Waals surface area (Å²) in [6, 6.07) is 0. The molecule has 0 aromatic rings. The first-order valence-corrected chi connectivity index (χ1v) is 3.72. The first kappa shape index (κ1) is 10.9. The third-order valence-corrected chi connectivity index (χ3v) is 1.48. The molecule has 0 N–H and O–H groups in total. The van der Waals surface area contributed by atoms with Crippen molar-refractivity contribution < 1.29 is 19.1 Å². The van der Waals surface area contributed by atoms with E-state index >= 15 is 0 Å². The van der Waals surface area contributed by atoms with Gasteiger partial charge in [-0.3, -0.25) is 9.59 Å². The Bertz CT molecular complexity index is 183. The van der Waals surface area contributed by atoms with E-state index in [4.69, 9.17) is 0 Å². The summed E-state index contributed by atoms with van der Waals surface area (Å²) in [4.78, 5) is 22.2. The zero-order valence-corrected chi connectivity index (χ0v) is 7.84. The average Bonchev–Trinajstić information content (AvgIpc) is 2.03. The van der Waals surface area contributed by atoms with Crippen LogP contribution in [-0.4, -0.2) is 25.7 Å². The van der Waals surface area contributed by atoms with Crippen LogP contribution in [0.25, 0.3) is 0 Å². The lowest BCUT2D eigenvalue weighted by atomic mass is 9.94. The predicted octanol–water partition coefficient (Wildman–Crippen LogP) is 0.749. The van der Waals surface area contributed by atoms with Crippen molar-refractivity contribution in [2.45, 2.75) is 20.8 Å².